The zero-order valence-electron chi connectivity index (χ0n) is 10.0. The van der Waals surface area contributed by atoms with Crippen molar-refractivity contribution >= 4 is 0 Å². The van der Waals surface area contributed by atoms with Gasteiger partial charge >= 0.3 is 0 Å². The van der Waals surface area contributed by atoms with Crippen molar-refractivity contribution in [2.45, 2.75) is 47.1 Å². The van der Waals surface area contributed by atoms with E-state index in [0.29, 0.717) is 11.3 Å². The van der Waals surface area contributed by atoms with Gasteiger partial charge in [0.05, 0.1) is 0 Å². The average Bonchev–Trinajstić information content (AvgIpc) is 1.86. The molecular formula is C11H25N. The summed E-state index contributed by atoms with van der Waals surface area (Å²) < 4.78 is 0. The summed E-state index contributed by atoms with van der Waals surface area (Å²) in [5.74, 6) is 0.704. The summed E-state index contributed by atoms with van der Waals surface area (Å²) in [6, 6.07) is 0. The molecule has 0 aliphatic heterocycles. The highest BCUT2D eigenvalue weighted by molar-refractivity contribution is 4.94. The van der Waals surface area contributed by atoms with E-state index >= 15 is 0 Å². The summed E-state index contributed by atoms with van der Waals surface area (Å²) in [6.07, 6.45) is 0. The Hall–Kier alpha value is -0.0400. The second-order valence-corrected chi connectivity index (χ2v) is 5.33. The Morgan fingerprint density at radius 3 is 1.33 bits per heavy atom. The predicted molar refractivity (Wildman–Crippen MR) is 56.4 cm³/mol. The SMILES string of the molecule is CC(C)C(C)(C)C(C)(C)N(C)C. The summed E-state index contributed by atoms with van der Waals surface area (Å²) in [4.78, 5) is 2.31. The fourth-order valence-corrected chi connectivity index (χ4v) is 1.28. The highest BCUT2D eigenvalue weighted by atomic mass is 15.1. The monoisotopic (exact) mass is 171 g/mol. The molecule has 0 amide bonds. The highest BCUT2D eigenvalue weighted by Crippen LogP contribution is 2.40. The molecule has 0 heterocycles. The fraction of sp³-hybridized carbons (Fsp3) is 1.00. The molecule has 0 aromatic carbocycles. The van der Waals surface area contributed by atoms with Gasteiger partial charge in [-0.1, -0.05) is 27.7 Å². The first-order valence-electron chi connectivity index (χ1n) is 4.81. The number of nitrogens with zero attached hydrogens (tertiary/aromatic N) is 1. The minimum atomic E-state index is 0.251. The Bertz CT molecular complexity index is 125. The molecular weight excluding hydrogens is 146 g/mol. The van der Waals surface area contributed by atoms with Gasteiger partial charge in [0.1, 0.15) is 0 Å². The molecule has 1 nitrogen and oxygen atoms in total. The molecule has 0 aromatic rings. The molecule has 0 aliphatic rings. The quantitative estimate of drug-likeness (QED) is 0.631. The van der Waals surface area contributed by atoms with E-state index < -0.39 is 0 Å². The van der Waals surface area contributed by atoms with Gasteiger partial charge in [0.15, 0.2) is 0 Å². The first-order chi connectivity index (χ1) is 5.14. The van der Waals surface area contributed by atoms with Gasteiger partial charge < -0.3 is 4.90 Å². The molecule has 1 heteroatoms. The summed E-state index contributed by atoms with van der Waals surface area (Å²) in [5, 5.41) is 0. The summed E-state index contributed by atoms with van der Waals surface area (Å²) in [6.45, 7) is 13.9. The van der Waals surface area contributed by atoms with Gasteiger partial charge in [0, 0.05) is 5.54 Å². The molecule has 0 aromatic heterocycles. The number of rotatable bonds is 3. The Morgan fingerprint density at radius 2 is 1.25 bits per heavy atom. The average molecular weight is 171 g/mol. The first-order valence-corrected chi connectivity index (χ1v) is 4.81. The third-order valence-electron chi connectivity index (χ3n) is 4.14. The summed E-state index contributed by atoms with van der Waals surface area (Å²) in [5.41, 5.74) is 0.595. The standard InChI is InChI=1S/C11H25N/c1-9(2)10(3,4)11(5,6)12(7)8/h9H,1-8H3. The van der Waals surface area contributed by atoms with Gasteiger partial charge in [-0.25, -0.2) is 0 Å². The maximum absolute atomic E-state index is 2.34. The molecule has 0 fully saturated rings. The van der Waals surface area contributed by atoms with Gasteiger partial charge in [-0.15, -0.1) is 0 Å². The van der Waals surface area contributed by atoms with Gasteiger partial charge in [-0.2, -0.15) is 0 Å². The molecule has 0 saturated heterocycles. The molecule has 0 radical (unpaired) electrons. The Labute approximate surface area is 78.1 Å². The van der Waals surface area contributed by atoms with E-state index in [1.165, 1.54) is 0 Å². The van der Waals surface area contributed by atoms with Crippen LogP contribution in [-0.4, -0.2) is 24.5 Å². The molecule has 0 atom stereocenters. The summed E-state index contributed by atoms with van der Waals surface area (Å²) in [7, 11) is 4.31. The van der Waals surface area contributed by atoms with Crippen LogP contribution in [0.2, 0.25) is 0 Å². The maximum atomic E-state index is 2.34. The molecule has 0 rings (SSSR count). The molecule has 0 aliphatic carbocycles. The van der Waals surface area contributed by atoms with Gasteiger partial charge in [-0.05, 0) is 39.3 Å². The minimum Gasteiger partial charge on any atom is -0.304 e. The Balaban J connectivity index is 4.75. The largest absolute Gasteiger partial charge is 0.304 e. The van der Waals surface area contributed by atoms with E-state index in [1.807, 2.05) is 0 Å². The Morgan fingerprint density at radius 1 is 0.917 bits per heavy atom. The van der Waals surface area contributed by atoms with Crippen LogP contribution in [0.25, 0.3) is 0 Å². The molecule has 74 valence electrons. The topological polar surface area (TPSA) is 3.24 Å². The normalized spacial score (nSPS) is 14.5. The van der Waals surface area contributed by atoms with Crippen molar-refractivity contribution in [2.75, 3.05) is 14.1 Å². The van der Waals surface area contributed by atoms with Crippen molar-refractivity contribution in [1.82, 2.24) is 4.90 Å². The van der Waals surface area contributed by atoms with E-state index in [4.69, 9.17) is 0 Å². The van der Waals surface area contributed by atoms with Crippen molar-refractivity contribution in [3.63, 3.8) is 0 Å². The maximum Gasteiger partial charge on any atom is 0.0200 e. The van der Waals surface area contributed by atoms with E-state index in [-0.39, 0.29) is 5.54 Å². The van der Waals surface area contributed by atoms with E-state index in [1.54, 1.807) is 0 Å². The lowest BCUT2D eigenvalue weighted by Crippen LogP contribution is -2.52. The summed E-state index contributed by atoms with van der Waals surface area (Å²) >= 11 is 0. The second-order valence-electron chi connectivity index (χ2n) is 5.33. The third-order valence-corrected chi connectivity index (χ3v) is 4.14. The molecule has 12 heavy (non-hydrogen) atoms. The van der Waals surface area contributed by atoms with E-state index in [0.717, 1.165) is 0 Å². The van der Waals surface area contributed by atoms with Crippen LogP contribution in [0, 0.1) is 11.3 Å². The van der Waals surface area contributed by atoms with Crippen molar-refractivity contribution in [1.29, 1.82) is 0 Å². The lowest BCUT2D eigenvalue weighted by atomic mass is 9.66. The van der Waals surface area contributed by atoms with Crippen LogP contribution in [0.15, 0.2) is 0 Å². The van der Waals surface area contributed by atoms with Crippen molar-refractivity contribution in [3.05, 3.63) is 0 Å². The first kappa shape index (κ1) is 12.0. The predicted octanol–water partition coefficient (Wildman–Crippen LogP) is 3.01. The lowest BCUT2D eigenvalue weighted by Gasteiger charge is -2.49. The second kappa shape index (κ2) is 3.37. The van der Waals surface area contributed by atoms with Crippen LogP contribution in [0.5, 0.6) is 0 Å². The van der Waals surface area contributed by atoms with Crippen LogP contribution in [0.4, 0.5) is 0 Å². The van der Waals surface area contributed by atoms with Crippen molar-refractivity contribution in [3.8, 4) is 0 Å². The lowest BCUT2D eigenvalue weighted by molar-refractivity contribution is 0.0146. The number of hydrogen-bond acceptors (Lipinski definition) is 1. The molecule has 0 N–H and O–H groups in total. The molecule has 0 bridgehead atoms. The molecule has 0 spiro atoms. The van der Waals surface area contributed by atoms with Crippen LogP contribution >= 0.6 is 0 Å². The van der Waals surface area contributed by atoms with Crippen molar-refractivity contribution in [2.24, 2.45) is 11.3 Å². The smallest absolute Gasteiger partial charge is 0.0200 e. The van der Waals surface area contributed by atoms with Gasteiger partial charge in [0.2, 0.25) is 0 Å². The number of hydrogen-bond donors (Lipinski definition) is 0. The van der Waals surface area contributed by atoms with Crippen LogP contribution in [-0.2, 0) is 0 Å². The van der Waals surface area contributed by atoms with Crippen molar-refractivity contribution < 1.29 is 0 Å². The molecule has 0 saturated carbocycles. The minimum absolute atomic E-state index is 0.251. The fourth-order valence-electron chi connectivity index (χ4n) is 1.28. The van der Waals surface area contributed by atoms with E-state index in [9.17, 15) is 0 Å². The van der Waals surface area contributed by atoms with Gasteiger partial charge in [0.25, 0.3) is 0 Å². The van der Waals surface area contributed by atoms with Gasteiger partial charge in [-0.3, -0.25) is 0 Å². The molecule has 0 unspecified atom stereocenters. The zero-order chi connectivity index (χ0) is 10.2. The van der Waals surface area contributed by atoms with E-state index in [2.05, 4.69) is 60.5 Å². The van der Waals surface area contributed by atoms with Crippen LogP contribution in [0.1, 0.15) is 41.5 Å². The Kier molecular flexibility index (Phi) is 3.36. The zero-order valence-corrected chi connectivity index (χ0v) is 10.0. The third kappa shape index (κ3) is 1.82. The highest BCUT2D eigenvalue weighted by Gasteiger charge is 2.40. The van der Waals surface area contributed by atoms with Crippen LogP contribution in [0.3, 0.4) is 0 Å². The van der Waals surface area contributed by atoms with Crippen LogP contribution < -0.4 is 0 Å².